The van der Waals surface area contributed by atoms with Gasteiger partial charge in [-0.15, -0.1) is 0 Å². The van der Waals surface area contributed by atoms with Crippen LogP contribution in [-0.2, 0) is 11.3 Å². The van der Waals surface area contributed by atoms with Gasteiger partial charge >= 0.3 is 0 Å². The Labute approximate surface area is 122 Å². The molecule has 21 heavy (non-hydrogen) atoms. The second kappa shape index (κ2) is 7.91. The Balaban J connectivity index is 1.91. The van der Waals surface area contributed by atoms with Crippen LogP contribution in [0.4, 0.5) is 5.82 Å². The van der Waals surface area contributed by atoms with E-state index in [9.17, 15) is 4.79 Å². The molecule has 0 aliphatic carbocycles. The van der Waals surface area contributed by atoms with Crippen LogP contribution in [0.3, 0.4) is 0 Å². The van der Waals surface area contributed by atoms with Gasteiger partial charge < -0.3 is 15.4 Å². The van der Waals surface area contributed by atoms with Gasteiger partial charge in [-0.25, -0.2) is 9.97 Å². The Kier molecular flexibility index (Phi) is 5.60. The van der Waals surface area contributed by atoms with Gasteiger partial charge in [-0.05, 0) is 17.7 Å². The van der Waals surface area contributed by atoms with Gasteiger partial charge in [0.05, 0.1) is 6.61 Å². The summed E-state index contributed by atoms with van der Waals surface area (Å²) in [5.74, 6) is 0.347. The van der Waals surface area contributed by atoms with Gasteiger partial charge in [0.1, 0.15) is 17.8 Å². The van der Waals surface area contributed by atoms with Gasteiger partial charge in [-0.3, -0.25) is 9.78 Å². The molecular weight excluding hydrogens is 270 g/mol. The van der Waals surface area contributed by atoms with Gasteiger partial charge in [-0.1, -0.05) is 0 Å². The third kappa shape index (κ3) is 4.81. The molecular formula is C14H17N5O2. The number of pyridine rings is 1. The summed E-state index contributed by atoms with van der Waals surface area (Å²) in [4.78, 5) is 24.0. The maximum Gasteiger partial charge on any atom is 0.270 e. The van der Waals surface area contributed by atoms with Gasteiger partial charge in [0.15, 0.2) is 0 Å². The molecule has 1 amide bonds. The lowest BCUT2D eigenvalue weighted by molar-refractivity contribution is 0.0946. The molecule has 2 rings (SSSR count). The van der Waals surface area contributed by atoms with E-state index in [2.05, 4.69) is 25.6 Å². The van der Waals surface area contributed by atoms with Crippen LogP contribution in [0.1, 0.15) is 16.1 Å². The zero-order valence-electron chi connectivity index (χ0n) is 11.7. The molecule has 0 bridgehead atoms. The molecule has 2 aromatic heterocycles. The predicted octanol–water partition coefficient (Wildman–Crippen LogP) is 0.860. The number of hydrogen-bond donors (Lipinski definition) is 2. The van der Waals surface area contributed by atoms with Crippen molar-refractivity contribution in [3.05, 3.63) is 48.2 Å². The number of methoxy groups -OCH3 is 1. The summed E-state index contributed by atoms with van der Waals surface area (Å²) < 4.78 is 4.94. The topological polar surface area (TPSA) is 89.0 Å². The zero-order chi connectivity index (χ0) is 14.9. The van der Waals surface area contributed by atoms with Crippen molar-refractivity contribution in [1.82, 2.24) is 20.3 Å². The highest BCUT2D eigenvalue weighted by Crippen LogP contribution is 2.04. The molecule has 0 radical (unpaired) electrons. The number of carbonyl (C=O) groups is 1. The Morgan fingerprint density at radius 2 is 2.10 bits per heavy atom. The van der Waals surface area contributed by atoms with Crippen LogP contribution < -0.4 is 10.6 Å². The van der Waals surface area contributed by atoms with Crippen molar-refractivity contribution in [2.24, 2.45) is 0 Å². The maximum absolute atomic E-state index is 12.0. The number of ether oxygens (including phenoxy) is 1. The third-order valence-corrected chi connectivity index (χ3v) is 2.71. The first-order valence-electron chi connectivity index (χ1n) is 6.51. The van der Waals surface area contributed by atoms with Crippen LogP contribution in [0.5, 0.6) is 0 Å². The number of nitrogens with one attached hydrogen (secondary N) is 2. The Hall–Kier alpha value is -2.54. The summed E-state index contributed by atoms with van der Waals surface area (Å²) in [6.45, 7) is 1.61. The van der Waals surface area contributed by atoms with E-state index in [1.165, 1.54) is 6.33 Å². The number of nitrogens with zero attached hydrogens (tertiary/aromatic N) is 3. The van der Waals surface area contributed by atoms with E-state index in [4.69, 9.17) is 4.74 Å². The molecule has 2 heterocycles. The molecule has 2 aromatic rings. The van der Waals surface area contributed by atoms with Crippen LogP contribution >= 0.6 is 0 Å². The molecule has 0 fully saturated rings. The molecule has 7 nitrogen and oxygen atoms in total. The van der Waals surface area contributed by atoms with Crippen LogP contribution in [0, 0.1) is 0 Å². The van der Waals surface area contributed by atoms with Gasteiger partial charge in [-0.2, -0.15) is 0 Å². The molecule has 0 aliphatic rings. The quantitative estimate of drug-likeness (QED) is 0.734. The largest absolute Gasteiger partial charge is 0.383 e. The van der Waals surface area contributed by atoms with Crippen molar-refractivity contribution < 1.29 is 9.53 Å². The fourth-order valence-electron chi connectivity index (χ4n) is 1.63. The van der Waals surface area contributed by atoms with E-state index in [0.29, 0.717) is 31.2 Å². The normalized spacial score (nSPS) is 10.1. The summed E-state index contributed by atoms with van der Waals surface area (Å²) in [6, 6.07) is 5.30. The second-order valence-electron chi connectivity index (χ2n) is 4.25. The molecule has 110 valence electrons. The van der Waals surface area contributed by atoms with Gasteiger partial charge in [0, 0.05) is 38.7 Å². The van der Waals surface area contributed by atoms with Crippen molar-refractivity contribution in [3.63, 3.8) is 0 Å². The second-order valence-corrected chi connectivity index (χ2v) is 4.25. The highest BCUT2D eigenvalue weighted by atomic mass is 16.5. The number of rotatable bonds is 7. The highest BCUT2D eigenvalue weighted by Gasteiger charge is 2.08. The summed E-state index contributed by atoms with van der Waals surface area (Å²) >= 11 is 0. The molecule has 7 heteroatoms. The summed E-state index contributed by atoms with van der Waals surface area (Å²) in [6.07, 6.45) is 4.73. The van der Waals surface area contributed by atoms with E-state index in [1.807, 2.05) is 12.1 Å². The van der Waals surface area contributed by atoms with E-state index in [-0.39, 0.29) is 5.91 Å². The van der Waals surface area contributed by atoms with Gasteiger partial charge in [0.2, 0.25) is 0 Å². The van der Waals surface area contributed by atoms with E-state index in [0.717, 1.165) is 5.56 Å². The van der Waals surface area contributed by atoms with Crippen molar-refractivity contribution in [2.45, 2.75) is 6.54 Å². The number of hydrogen-bond acceptors (Lipinski definition) is 6. The minimum absolute atomic E-state index is 0.246. The highest BCUT2D eigenvalue weighted by molar-refractivity contribution is 5.92. The first kappa shape index (κ1) is 14.9. The lowest BCUT2D eigenvalue weighted by Gasteiger charge is -2.07. The lowest BCUT2D eigenvalue weighted by atomic mass is 10.2. The van der Waals surface area contributed by atoms with Crippen molar-refractivity contribution in [1.29, 1.82) is 0 Å². The lowest BCUT2D eigenvalue weighted by Crippen LogP contribution is -2.24. The summed E-state index contributed by atoms with van der Waals surface area (Å²) in [5, 5.41) is 5.85. The first-order chi connectivity index (χ1) is 10.3. The predicted molar refractivity (Wildman–Crippen MR) is 77.8 cm³/mol. The minimum atomic E-state index is -0.246. The van der Waals surface area contributed by atoms with E-state index < -0.39 is 0 Å². The van der Waals surface area contributed by atoms with Crippen molar-refractivity contribution in [3.8, 4) is 0 Å². The number of amides is 1. The fourth-order valence-corrected chi connectivity index (χ4v) is 1.63. The maximum atomic E-state index is 12.0. The average molecular weight is 287 g/mol. The van der Waals surface area contributed by atoms with Crippen LogP contribution in [0.2, 0.25) is 0 Å². The van der Waals surface area contributed by atoms with Crippen LogP contribution in [-0.4, -0.2) is 41.1 Å². The number of aromatic nitrogens is 3. The summed E-state index contributed by atoms with van der Waals surface area (Å²) in [5.41, 5.74) is 1.30. The number of anilines is 1. The molecule has 0 aliphatic heterocycles. The van der Waals surface area contributed by atoms with Gasteiger partial charge in [0.25, 0.3) is 5.91 Å². The molecule has 0 unspecified atom stereocenters. The third-order valence-electron chi connectivity index (χ3n) is 2.71. The SMILES string of the molecule is COCCNc1cc(C(=O)NCc2ccncc2)ncn1. The van der Waals surface area contributed by atoms with Crippen molar-refractivity contribution in [2.75, 3.05) is 25.6 Å². The molecule has 2 N–H and O–H groups in total. The zero-order valence-corrected chi connectivity index (χ0v) is 11.7. The Morgan fingerprint density at radius 1 is 1.29 bits per heavy atom. The van der Waals surface area contributed by atoms with E-state index in [1.54, 1.807) is 25.6 Å². The molecule has 0 aromatic carbocycles. The Morgan fingerprint density at radius 3 is 2.86 bits per heavy atom. The smallest absolute Gasteiger partial charge is 0.270 e. The molecule has 0 atom stereocenters. The van der Waals surface area contributed by atoms with Crippen molar-refractivity contribution >= 4 is 11.7 Å². The first-order valence-corrected chi connectivity index (χ1v) is 6.51. The standard InChI is InChI=1S/C14H17N5O2/c1-21-7-6-16-13-8-12(18-10-19-13)14(20)17-9-11-2-4-15-5-3-11/h2-5,8,10H,6-7,9H2,1H3,(H,17,20)(H,16,18,19). The fraction of sp³-hybridized carbons (Fsp3) is 0.286. The van der Waals surface area contributed by atoms with E-state index >= 15 is 0 Å². The van der Waals surface area contributed by atoms with Crippen LogP contribution in [0.15, 0.2) is 36.9 Å². The molecule has 0 spiro atoms. The molecule has 0 saturated carbocycles. The molecule has 0 saturated heterocycles. The van der Waals surface area contributed by atoms with Crippen LogP contribution in [0.25, 0.3) is 0 Å². The minimum Gasteiger partial charge on any atom is -0.383 e. The number of carbonyl (C=O) groups excluding carboxylic acids is 1. The summed E-state index contributed by atoms with van der Waals surface area (Å²) in [7, 11) is 1.62. The monoisotopic (exact) mass is 287 g/mol. The Bertz CT molecular complexity index is 577. The average Bonchev–Trinajstić information content (AvgIpc) is 2.54.